The highest BCUT2D eigenvalue weighted by molar-refractivity contribution is 7.89. The minimum absolute atomic E-state index is 0.116. The standard InChI is InChI=1S/C21H24N2O2S/c1-22-14-6-9-20-19-8-5-4-7-16(19)10-11-17-12-13-18(15-21(17)20)26(24,25)23(2)3/h4-5,7-8,12-13,15,20,22H,10-11,14H2,1-3H3. The number of nitrogens with zero attached hydrogens (tertiary/aromatic N) is 1. The van der Waals surface area contributed by atoms with E-state index < -0.39 is 10.0 Å². The normalized spacial score (nSPS) is 16.2. The van der Waals surface area contributed by atoms with Crippen LogP contribution in [-0.2, 0) is 22.9 Å². The van der Waals surface area contributed by atoms with Gasteiger partial charge in [0.1, 0.15) is 0 Å². The number of rotatable bonds is 3. The van der Waals surface area contributed by atoms with Crippen molar-refractivity contribution in [3.63, 3.8) is 0 Å². The Morgan fingerprint density at radius 3 is 2.46 bits per heavy atom. The third-order valence-corrected chi connectivity index (χ3v) is 6.56. The molecule has 1 unspecified atom stereocenters. The molecule has 0 aliphatic heterocycles. The number of nitrogens with one attached hydrogen (secondary N) is 1. The lowest BCUT2D eigenvalue weighted by molar-refractivity contribution is 0.520. The molecular formula is C21H24N2O2S. The molecule has 1 aliphatic rings. The first kappa shape index (κ1) is 18.7. The highest BCUT2D eigenvalue weighted by atomic mass is 32.2. The van der Waals surface area contributed by atoms with Gasteiger partial charge in [-0.25, -0.2) is 12.7 Å². The van der Waals surface area contributed by atoms with Gasteiger partial charge in [-0.1, -0.05) is 42.2 Å². The van der Waals surface area contributed by atoms with Crippen LogP contribution in [0, 0.1) is 11.8 Å². The number of benzene rings is 2. The minimum atomic E-state index is -3.48. The van der Waals surface area contributed by atoms with Crippen LogP contribution in [0.1, 0.15) is 28.2 Å². The average Bonchev–Trinajstić information content (AvgIpc) is 2.79. The van der Waals surface area contributed by atoms with Gasteiger partial charge >= 0.3 is 0 Å². The molecule has 26 heavy (non-hydrogen) atoms. The van der Waals surface area contributed by atoms with Gasteiger partial charge in [-0.3, -0.25) is 0 Å². The number of hydrogen-bond acceptors (Lipinski definition) is 3. The van der Waals surface area contributed by atoms with Gasteiger partial charge in [0.25, 0.3) is 0 Å². The summed E-state index contributed by atoms with van der Waals surface area (Å²) in [6.07, 6.45) is 1.83. The van der Waals surface area contributed by atoms with E-state index in [9.17, 15) is 8.42 Å². The maximum Gasteiger partial charge on any atom is 0.242 e. The van der Waals surface area contributed by atoms with Crippen molar-refractivity contribution in [2.45, 2.75) is 23.7 Å². The van der Waals surface area contributed by atoms with Crippen LogP contribution in [0.25, 0.3) is 0 Å². The highest BCUT2D eigenvalue weighted by Crippen LogP contribution is 2.35. The Balaban J connectivity index is 2.19. The van der Waals surface area contributed by atoms with Crippen molar-refractivity contribution in [2.75, 3.05) is 27.7 Å². The van der Waals surface area contributed by atoms with Crippen LogP contribution in [0.4, 0.5) is 0 Å². The first-order valence-corrected chi connectivity index (χ1v) is 10.2. The summed E-state index contributed by atoms with van der Waals surface area (Å²) in [6, 6.07) is 13.8. The summed E-state index contributed by atoms with van der Waals surface area (Å²) < 4.78 is 26.4. The number of fused-ring (bicyclic) bond motifs is 2. The Kier molecular flexibility index (Phi) is 5.47. The zero-order chi connectivity index (χ0) is 18.7. The molecule has 136 valence electrons. The molecule has 5 heteroatoms. The number of aryl methyl sites for hydroxylation is 2. The van der Waals surface area contributed by atoms with Gasteiger partial charge in [0.05, 0.1) is 17.4 Å². The molecule has 0 saturated carbocycles. The van der Waals surface area contributed by atoms with Gasteiger partial charge in [-0.05, 0) is 54.3 Å². The summed E-state index contributed by atoms with van der Waals surface area (Å²) in [6.45, 7) is 0.601. The van der Waals surface area contributed by atoms with Crippen molar-refractivity contribution in [2.24, 2.45) is 0 Å². The molecule has 2 aromatic rings. The molecule has 1 N–H and O–H groups in total. The van der Waals surface area contributed by atoms with Crippen LogP contribution in [0.5, 0.6) is 0 Å². The van der Waals surface area contributed by atoms with E-state index in [1.807, 2.05) is 25.2 Å². The third-order valence-electron chi connectivity index (χ3n) is 4.75. The summed E-state index contributed by atoms with van der Waals surface area (Å²) >= 11 is 0. The van der Waals surface area contributed by atoms with Crippen molar-refractivity contribution in [1.29, 1.82) is 0 Å². The molecule has 0 spiro atoms. The van der Waals surface area contributed by atoms with E-state index in [4.69, 9.17) is 0 Å². The van der Waals surface area contributed by atoms with E-state index in [0.717, 1.165) is 18.4 Å². The topological polar surface area (TPSA) is 49.4 Å². The molecule has 2 aromatic carbocycles. The van der Waals surface area contributed by atoms with Crippen LogP contribution >= 0.6 is 0 Å². The monoisotopic (exact) mass is 368 g/mol. The molecule has 0 saturated heterocycles. The second-order valence-electron chi connectivity index (χ2n) is 6.63. The van der Waals surface area contributed by atoms with Gasteiger partial charge in [0, 0.05) is 14.1 Å². The Morgan fingerprint density at radius 1 is 1.08 bits per heavy atom. The second kappa shape index (κ2) is 7.63. The fourth-order valence-electron chi connectivity index (χ4n) is 3.32. The zero-order valence-electron chi connectivity index (χ0n) is 15.4. The van der Waals surface area contributed by atoms with Crippen molar-refractivity contribution in [3.05, 3.63) is 64.7 Å². The average molecular weight is 369 g/mol. The van der Waals surface area contributed by atoms with Crippen LogP contribution in [0.15, 0.2) is 47.4 Å². The zero-order valence-corrected chi connectivity index (χ0v) is 16.2. The summed E-state index contributed by atoms with van der Waals surface area (Å²) in [4.78, 5) is 0.320. The summed E-state index contributed by atoms with van der Waals surface area (Å²) in [7, 11) is 1.50. The van der Waals surface area contributed by atoms with Crippen molar-refractivity contribution >= 4 is 10.0 Å². The first-order valence-electron chi connectivity index (χ1n) is 8.71. The lowest BCUT2D eigenvalue weighted by atomic mass is 9.88. The van der Waals surface area contributed by atoms with E-state index in [2.05, 4.69) is 35.4 Å². The highest BCUT2D eigenvalue weighted by Gasteiger charge is 2.25. The van der Waals surface area contributed by atoms with E-state index in [1.54, 1.807) is 20.2 Å². The smallest absolute Gasteiger partial charge is 0.242 e. The van der Waals surface area contributed by atoms with Gasteiger partial charge < -0.3 is 5.32 Å². The molecule has 1 aliphatic carbocycles. The molecule has 3 rings (SSSR count). The van der Waals surface area contributed by atoms with E-state index in [-0.39, 0.29) is 5.92 Å². The second-order valence-corrected chi connectivity index (χ2v) is 8.78. The third kappa shape index (κ3) is 3.54. The number of sulfonamides is 1. The van der Waals surface area contributed by atoms with E-state index in [0.29, 0.717) is 11.4 Å². The fraction of sp³-hybridized carbons (Fsp3) is 0.333. The van der Waals surface area contributed by atoms with Crippen LogP contribution in [-0.4, -0.2) is 40.4 Å². The van der Waals surface area contributed by atoms with Gasteiger partial charge in [-0.2, -0.15) is 0 Å². The molecule has 0 fully saturated rings. The van der Waals surface area contributed by atoms with Gasteiger partial charge in [-0.15, -0.1) is 0 Å². The Hall–Kier alpha value is -2.13. The SMILES string of the molecule is CNCC#CC1c2ccccc2CCc2ccc(S(=O)(=O)N(C)C)cc21. The molecule has 0 amide bonds. The molecule has 0 bridgehead atoms. The van der Waals surface area contributed by atoms with Crippen molar-refractivity contribution in [1.82, 2.24) is 9.62 Å². The van der Waals surface area contributed by atoms with Crippen molar-refractivity contribution in [3.8, 4) is 11.8 Å². The minimum Gasteiger partial charge on any atom is -0.309 e. The Morgan fingerprint density at radius 2 is 1.77 bits per heavy atom. The molecule has 0 aromatic heterocycles. The van der Waals surface area contributed by atoms with Gasteiger partial charge in [0.2, 0.25) is 10.0 Å². The Bertz CT molecular complexity index is 969. The molecule has 0 radical (unpaired) electrons. The van der Waals surface area contributed by atoms with Crippen LogP contribution in [0.3, 0.4) is 0 Å². The van der Waals surface area contributed by atoms with E-state index >= 15 is 0 Å². The fourth-order valence-corrected chi connectivity index (χ4v) is 4.26. The van der Waals surface area contributed by atoms with Gasteiger partial charge in [0.15, 0.2) is 0 Å². The predicted octanol–water partition coefficient (Wildman–Crippen LogP) is 2.39. The maximum atomic E-state index is 12.6. The number of hydrogen-bond donors (Lipinski definition) is 1. The largest absolute Gasteiger partial charge is 0.309 e. The first-order chi connectivity index (χ1) is 12.4. The molecule has 1 atom stereocenters. The van der Waals surface area contributed by atoms with E-state index in [1.165, 1.54) is 21.0 Å². The van der Waals surface area contributed by atoms with Crippen LogP contribution < -0.4 is 5.32 Å². The molecular weight excluding hydrogens is 344 g/mol. The summed E-state index contributed by atoms with van der Waals surface area (Å²) in [5.74, 6) is 6.42. The predicted molar refractivity (Wildman–Crippen MR) is 105 cm³/mol. The van der Waals surface area contributed by atoms with Crippen LogP contribution in [0.2, 0.25) is 0 Å². The Labute approximate surface area is 156 Å². The molecule has 0 heterocycles. The summed E-state index contributed by atoms with van der Waals surface area (Å²) in [5, 5.41) is 3.05. The maximum absolute atomic E-state index is 12.6. The van der Waals surface area contributed by atoms with Crippen molar-refractivity contribution < 1.29 is 8.42 Å². The quantitative estimate of drug-likeness (QED) is 0.847. The summed E-state index contributed by atoms with van der Waals surface area (Å²) in [5.41, 5.74) is 4.63. The lowest BCUT2D eigenvalue weighted by Crippen LogP contribution is -2.22. The lowest BCUT2D eigenvalue weighted by Gasteiger charge is -2.18. The molecule has 4 nitrogen and oxygen atoms in total.